The SMILES string of the molecule is Cc1ccc(OCc2nc(C(=O)N(C)Cc3ccccc3N3CCOCC3)cs2)cc1. The van der Waals surface area contributed by atoms with Crippen molar-refractivity contribution in [3.63, 3.8) is 0 Å². The van der Waals surface area contributed by atoms with Crippen molar-refractivity contribution in [3.05, 3.63) is 75.7 Å². The lowest BCUT2D eigenvalue weighted by atomic mass is 10.1. The molecule has 0 unspecified atom stereocenters. The van der Waals surface area contributed by atoms with Gasteiger partial charge in [0.05, 0.1) is 13.2 Å². The van der Waals surface area contributed by atoms with Crippen molar-refractivity contribution in [2.75, 3.05) is 38.3 Å². The van der Waals surface area contributed by atoms with Gasteiger partial charge in [0.1, 0.15) is 23.1 Å². The number of rotatable bonds is 7. The van der Waals surface area contributed by atoms with Crippen LogP contribution in [0.5, 0.6) is 5.75 Å². The van der Waals surface area contributed by atoms with Crippen LogP contribution in [-0.2, 0) is 17.9 Å². The van der Waals surface area contributed by atoms with E-state index in [0.717, 1.165) is 48.3 Å². The topological polar surface area (TPSA) is 54.9 Å². The van der Waals surface area contributed by atoms with Crippen LogP contribution in [0.15, 0.2) is 53.9 Å². The van der Waals surface area contributed by atoms with E-state index in [-0.39, 0.29) is 5.91 Å². The van der Waals surface area contributed by atoms with Crippen molar-refractivity contribution in [1.29, 1.82) is 0 Å². The van der Waals surface area contributed by atoms with E-state index in [1.165, 1.54) is 16.9 Å². The van der Waals surface area contributed by atoms with E-state index in [1.54, 1.807) is 10.3 Å². The maximum absolute atomic E-state index is 13.0. The first-order valence-electron chi connectivity index (χ1n) is 10.4. The molecule has 0 N–H and O–H groups in total. The highest BCUT2D eigenvalue weighted by Gasteiger charge is 2.19. The molecule has 1 aromatic heterocycles. The molecule has 2 heterocycles. The number of thiazole rings is 1. The summed E-state index contributed by atoms with van der Waals surface area (Å²) >= 11 is 1.44. The van der Waals surface area contributed by atoms with Gasteiger partial charge in [-0.05, 0) is 30.7 Å². The lowest BCUT2D eigenvalue weighted by molar-refractivity contribution is 0.0779. The largest absolute Gasteiger partial charge is 0.486 e. The van der Waals surface area contributed by atoms with Gasteiger partial charge >= 0.3 is 0 Å². The van der Waals surface area contributed by atoms with Gasteiger partial charge in [-0.25, -0.2) is 4.98 Å². The average Bonchev–Trinajstić information content (AvgIpc) is 3.28. The average molecular weight is 438 g/mol. The predicted octanol–water partition coefficient (Wildman–Crippen LogP) is 4.14. The molecule has 1 saturated heterocycles. The Balaban J connectivity index is 1.38. The molecular weight excluding hydrogens is 410 g/mol. The Kier molecular flexibility index (Phi) is 6.84. The minimum Gasteiger partial charge on any atom is -0.486 e. The minimum absolute atomic E-state index is 0.0883. The number of anilines is 1. The summed E-state index contributed by atoms with van der Waals surface area (Å²) in [7, 11) is 1.82. The molecule has 0 aliphatic carbocycles. The summed E-state index contributed by atoms with van der Waals surface area (Å²) in [5.41, 5.74) is 3.93. The first-order chi connectivity index (χ1) is 15.1. The van der Waals surface area contributed by atoms with Crippen LogP contribution in [-0.4, -0.2) is 49.1 Å². The maximum Gasteiger partial charge on any atom is 0.273 e. The second kappa shape index (κ2) is 9.94. The number of carbonyl (C=O) groups excluding carboxylic acids is 1. The summed E-state index contributed by atoms with van der Waals surface area (Å²) in [6, 6.07) is 16.1. The van der Waals surface area contributed by atoms with Gasteiger partial charge in [-0.2, -0.15) is 0 Å². The molecular formula is C24H27N3O3S. The van der Waals surface area contributed by atoms with Crippen LogP contribution < -0.4 is 9.64 Å². The number of aromatic nitrogens is 1. The molecule has 0 radical (unpaired) electrons. The first-order valence-corrected chi connectivity index (χ1v) is 11.3. The minimum atomic E-state index is -0.0883. The summed E-state index contributed by atoms with van der Waals surface area (Å²) in [6.45, 7) is 6.11. The summed E-state index contributed by atoms with van der Waals surface area (Å²) in [5.74, 6) is 0.708. The highest BCUT2D eigenvalue weighted by molar-refractivity contribution is 7.09. The number of hydrogen-bond donors (Lipinski definition) is 0. The number of amides is 1. The van der Waals surface area contributed by atoms with Gasteiger partial charge in [0.25, 0.3) is 5.91 Å². The molecule has 31 heavy (non-hydrogen) atoms. The molecule has 0 bridgehead atoms. The number of carbonyl (C=O) groups is 1. The standard InChI is InChI=1S/C24H27N3O3S/c1-18-7-9-20(10-8-18)30-16-23-25-21(17-31-23)24(28)26(2)15-19-5-3-4-6-22(19)27-11-13-29-14-12-27/h3-10,17H,11-16H2,1-2H3. The summed E-state index contributed by atoms with van der Waals surface area (Å²) in [5, 5.41) is 2.59. The van der Waals surface area contributed by atoms with Crippen LogP contribution in [0.3, 0.4) is 0 Å². The molecule has 0 atom stereocenters. The van der Waals surface area contributed by atoms with E-state index in [4.69, 9.17) is 9.47 Å². The Morgan fingerprint density at radius 1 is 1.16 bits per heavy atom. The van der Waals surface area contributed by atoms with Crippen molar-refractivity contribution in [2.45, 2.75) is 20.1 Å². The first kappa shape index (κ1) is 21.3. The summed E-state index contributed by atoms with van der Waals surface area (Å²) in [6.07, 6.45) is 0. The van der Waals surface area contributed by atoms with Gasteiger partial charge < -0.3 is 19.3 Å². The summed E-state index contributed by atoms with van der Waals surface area (Å²) in [4.78, 5) is 21.5. The Hall–Kier alpha value is -2.90. The van der Waals surface area contributed by atoms with E-state index in [0.29, 0.717) is 18.8 Å². The van der Waals surface area contributed by atoms with E-state index >= 15 is 0 Å². The highest BCUT2D eigenvalue weighted by Crippen LogP contribution is 2.23. The molecule has 0 saturated carbocycles. The van der Waals surface area contributed by atoms with Crippen LogP contribution in [0.25, 0.3) is 0 Å². The molecule has 1 amide bonds. The third-order valence-corrected chi connectivity index (χ3v) is 6.07. The molecule has 6 nitrogen and oxygen atoms in total. The number of ether oxygens (including phenoxy) is 2. The maximum atomic E-state index is 13.0. The van der Waals surface area contributed by atoms with Crippen molar-refractivity contribution in [2.24, 2.45) is 0 Å². The fourth-order valence-electron chi connectivity index (χ4n) is 3.54. The Bertz CT molecular complexity index is 1010. The second-order valence-electron chi connectivity index (χ2n) is 7.62. The van der Waals surface area contributed by atoms with Gasteiger partial charge in [0.2, 0.25) is 0 Å². The van der Waals surface area contributed by atoms with Crippen LogP contribution in [0, 0.1) is 6.92 Å². The van der Waals surface area contributed by atoms with Crippen molar-refractivity contribution in [3.8, 4) is 5.75 Å². The molecule has 1 fully saturated rings. The number of hydrogen-bond acceptors (Lipinski definition) is 6. The highest BCUT2D eigenvalue weighted by atomic mass is 32.1. The molecule has 0 spiro atoms. The van der Waals surface area contributed by atoms with Gasteiger partial charge in [0, 0.05) is 37.7 Å². The zero-order chi connectivity index (χ0) is 21.6. The zero-order valence-electron chi connectivity index (χ0n) is 17.9. The Labute approximate surface area is 187 Å². The zero-order valence-corrected chi connectivity index (χ0v) is 18.7. The predicted molar refractivity (Wildman–Crippen MR) is 123 cm³/mol. The van der Waals surface area contributed by atoms with Crippen LogP contribution in [0.4, 0.5) is 5.69 Å². The number of benzene rings is 2. The third kappa shape index (κ3) is 5.42. The van der Waals surface area contributed by atoms with E-state index in [2.05, 4.69) is 22.0 Å². The quantitative estimate of drug-likeness (QED) is 0.556. The molecule has 4 rings (SSSR count). The van der Waals surface area contributed by atoms with Crippen molar-refractivity contribution >= 4 is 22.9 Å². The van der Waals surface area contributed by atoms with Gasteiger partial charge in [-0.3, -0.25) is 4.79 Å². The van der Waals surface area contributed by atoms with E-state index in [1.807, 2.05) is 50.4 Å². The van der Waals surface area contributed by atoms with Crippen LogP contribution in [0.1, 0.15) is 26.6 Å². The van der Waals surface area contributed by atoms with Gasteiger partial charge in [0.15, 0.2) is 0 Å². The monoisotopic (exact) mass is 437 g/mol. The second-order valence-corrected chi connectivity index (χ2v) is 8.56. The Morgan fingerprint density at radius 3 is 2.68 bits per heavy atom. The Morgan fingerprint density at radius 2 is 1.90 bits per heavy atom. The third-order valence-electron chi connectivity index (χ3n) is 5.25. The smallest absolute Gasteiger partial charge is 0.273 e. The molecule has 1 aliphatic rings. The molecule has 3 aromatic rings. The molecule has 162 valence electrons. The fourth-order valence-corrected chi connectivity index (χ4v) is 4.21. The van der Waals surface area contributed by atoms with Gasteiger partial charge in [-0.15, -0.1) is 11.3 Å². The molecule has 2 aromatic carbocycles. The lowest BCUT2D eigenvalue weighted by Crippen LogP contribution is -2.37. The van der Waals surface area contributed by atoms with Crippen LogP contribution >= 0.6 is 11.3 Å². The number of aryl methyl sites for hydroxylation is 1. The number of para-hydroxylation sites is 1. The van der Waals surface area contributed by atoms with Crippen molar-refractivity contribution < 1.29 is 14.3 Å². The van der Waals surface area contributed by atoms with Crippen molar-refractivity contribution in [1.82, 2.24) is 9.88 Å². The lowest BCUT2D eigenvalue weighted by Gasteiger charge is -2.31. The molecule has 7 heteroatoms. The van der Waals surface area contributed by atoms with Crippen LogP contribution in [0.2, 0.25) is 0 Å². The van der Waals surface area contributed by atoms with E-state index < -0.39 is 0 Å². The van der Waals surface area contributed by atoms with Gasteiger partial charge in [-0.1, -0.05) is 35.9 Å². The number of nitrogens with zero attached hydrogens (tertiary/aromatic N) is 3. The summed E-state index contributed by atoms with van der Waals surface area (Å²) < 4.78 is 11.3. The fraction of sp³-hybridized carbons (Fsp3) is 0.333. The number of morpholine rings is 1. The van der Waals surface area contributed by atoms with E-state index in [9.17, 15) is 4.79 Å². The molecule has 1 aliphatic heterocycles. The normalized spacial score (nSPS) is 13.8.